The number of nitrogens with zero attached hydrogens (tertiary/aromatic N) is 2. The standard InChI is InChI=1S/C21H15ClFN3O2S/c1-12-16(22)3-2-4-17(12)25-18(27)9-26-11-24-20-19(21(26)28)15(10-29-20)13-5-7-14(23)8-6-13/h2-8,10-11H,9H2,1H3,(H,25,27). The molecule has 1 amide bonds. The van der Waals surface area contributed by atoms with E-state index < -0.39 is 0 Å². The molecule has 0 aliphatic rings. The van der Waals surface area contributed by atoms with Crippen LogP contribution in [0.5, 0.6) is 0 Å². The third-order valence-corrected chi connectivity index (χ3v) is 5.87. The van der Waals surface area contributed by atoms with Crippen molar-refractivity contribution in [3.8, 4) is 11.1 Å². The van der Waals surface area contributed by atoms with Gasteiger partial charge in [0.25, 0.3) is 5.56 Å². The maximum atomic E-state index is 13.2. The van der Waals surface area contributed by atoms with E-state index in [9.17, 15) is 14.0 Å². The largest absolute Gasteiger partial charge is 0.324 e. The van der Waals surface area contributed by atoms with Gasteiger partial charge in [-0.15, -0.1) is 11.3 Å². The number of carbonyl (C=O) groups excluding carboxylic acids is 1. The van der Waals surface area contributed by atoms with E-state index in [0.717, 1.165) is 5.56 Å². The van der Waals surface area contributed by atoms with Crippen molar-refractivity contribution in [2.75, 3.05) is 5.32 Å². The number of nitrogens with one attached hydrogen (secondary N) is 1. The van der Waals surface area contributed by atoms with Crippen molar-refractivity contribution < 1.29 is 9.18 Å². The molecule has 4 rings (SSSR count). The second kappa shape index (κ2) is 7.77. The van der Waals surface area contributed by atoms with E-state index in [1.54, 1.807) is 37.3 Å². The number of rotatable bonds is 4. The third kappa shape index (κ3) is 3.79. The zero-order chi connectivity index (χ0) is 20.5. The van der Waals surface area contributed by atoms with E-state index in [1.165, 1.54) is 34.4 Å². The molecule has 146 valence electrons. The monoisotopic (exact) mass is 427 g/mol. The summed E-state index contributed by atoms with van der Waals surface area (Å²) in [6, 6.07) is 11.1. The molecule has 0 unspecified atom stereocenters. The van der Waals surface area contributed by atoms with E-state index in [-0.39, 0.29) is 23.8 Å². The van der Waals surface area contributed by atoms with Crippen LogP contribution in [0.15, 0.2) is 59.0 Å². The van der Waals surface area contributed by atoms with Gasteiger partial charge in [-0.2, -0.15) is 0 Å². The van der Waals surface area contributed by atoms with Crippen molar-refractivity contribution in [1.82, 2.24) is 9.55 Å². The first kappa shape index (κ1) is 19.3. The molecule has 2 aromatic heterocycles. The van der Waals surface area contributed by atoms with Crippen LogP contribution in [0.4, 0.5) is 10.1 Å². The van der Waals surface area contributed by atoms with Crippen LogP contribution in [0.1, 0.15) is 5.56 Å². The minimum absolute atomic E-state index is 0.188. The molecule has 29 heavy (non-hydrogen) atoms. The number of anilines is 1. The lowest BCUT2D eigenvalue weighted by Crippen LogP contribution is -2.28. The number of hydrogen-bond acceptors (Lipinski definition) is 4. The van der Waals surface area contributed by atoms with Crippen molar-refractivity contribution in [3.63, 3.8) is 0 Å². The summed E-state index contributed by atoms with van der Waals surface area (Å²) in [5.74, 6) is -0.714. The Kier molecular flexibility index (Phi) is 5.17. The van der Waals surface area contributed by atoms with Crippen molar-refractivity contribution in [2.24, 2.45) is 0 Å². The third-order valence-electron chi connectivity index (χ3n) is 4.57. The van der Waals surface area contributed by atoms with Gasteiger partial charge in [0.1, 0.15) is 17.2 Å². The topological polar surface area (TPSA) is 64.0 Å². The molecule has 0 aliphatic heterocycles. The number of amides is 1. The summed E-state index contributed by atoms with van der Waals surface area (Å²) in [6.45, 7) is 1.62. The van der Waals surface area contributed by atoms with Crippen LogP contribution in [-0.2, 0) is 11.3 Å². The molecular weight excluding hydrogens is 413 g/mol. The van der Waals surface area contributed by atoms with E-state index in [0.29, 0.717) is 32.1 Å². The Morgan fingerprint density at radius 1 is 1.24 bits per heavy atom. The number of benzene rings is 2. The summed E-state index contributed by atoms with van der Waals surface area (Å²) in [6.07, 6.45) is 1.36. The number of thiophene rings is 1. The molecule has 0 spiro atoms. The highest BCUT2D eigenvalue weighted by molar-refractivity contribution is 7.17. The van der Waals surface area contributed by atoms with Crippen LogP contribution >= 0.6 is 22.9 Å². The number of carbonyl (C=O) groups is 1. The van der Waals surface area contributed by atoms with E-state index in [4.69, 9.17) is 11.6 Å². The molecule has 2 heterocycles. The number of halogens is 2. The summed E-state index contributed by atoms with van der Waals surface area (Å²) in [5.41, 5.74) is 2.40. The minimum Gasteiger partial charge on any atom is -0.324 e. The van der Waals surface area contributed by atoms with E-state index in [1.807, 2.05) is 5.38 Å². The van der Waals surface area contributed by atoms with E-state index in [2.05, 4.69) is 10.3 Å². The predicted molar refractivity (Wildman–Crippen MR) is 114 cm³/mol. The second-order valence-corrected chi connectivity index (χ2v) is 7.74. The van der Waals surface area contributed by atoms with Crippen LogP contribution < -0.4 is 10.9 Å². The van der Waals surface area contributed by atoms with Crippen LogP contribution in [0, 0.1) is 12.7 Å². The van der Waals surface area contributed by atoms with Crippen LogP contribution in [0.3, 0.4) is 0 Å². The lowest BCUT2D eigenvalue weighted by molar-refractivity contribution is -0.116. The quantitative estimate of drug-likeness (QED) is 0.505. The summed E-state index contributed by atoms with van der Waals surface area (Å²) in [4.78, 5) is 30.4. The van der Waals surface area contributed by atoms with Crippen molar-refractivity contribution in [3.05, 3.63) is 80.9 Å². The van der Waals surface area contributed by atoms with Crippen molar-refractivity contribution in [1.29, 1.82) is 0 Å². The first-order chi connectivity index (χ1) is 13.9. The Hall–Kier alpha value is -3.03. The second-order valence-electron chi connectivity index (χ2n) is 6.47. The number of fused-ring (bicyclic) bond motifs is 1. The molecule has 0 bridgehead atoms. The first-order valence-corrected chi connectivity index (χ1v) is 9.97. The zero-order valence-electron chi connectivity index (χ0n) is 15.3. The van der Waals surface area contributed by atoms with Gasteiger partial charge in [0.2, 0.25) is 5.91 Å². The fraction of sp³-hybridized carbons (Fsp3) is 0.0952. The molecule has 5 nitrogen and oxygen atoms in total. The molecule has 1 N–H and O–H groups in total. The van der Waals surface area contributed by atoms with Crippen molar-refractivity contribution in [2.45, 2.75) is 13.5 Å². The molecule has 0 saturated carbocycles. The molecule has 0 aliphatic carbocycles. The van der Waals surface area contributed by atoms with Gasteiger partial charge in [-0.25, -0.2) is 9.37 Å². The van der Waals surface area contributed by atoms with Crippen LogP contribution in [0.2, 0.25) is 5.02 Å². The first-order valence-electron chi connectivity index (χ1n) is 8.71. The molecular formula is C21H15ClFN3O2S. The summed E-state index contributed by atoms with van der Waals surface area (Å²) >= 11 is 7.41. The van der Waals surface area contributed by atoms with E-state index >= 15 is 0 Å². The molecule has 4 aromatic rings. The van der Waals surface area contributed by atoms with Crippen LogP contribution in [0.25, 0.3) is 21.3 Å². The van der Waals surface area contributed by atoms with Gasteiger partial charge in [0.05, 0.1) is 11.7 Å². The van der Waals surface area contributed by atoms with Gasteiger partial charge in [-0.05, 0) is 42.3 Å². The SMILES string of the molecule is Cc1c(Cl)cccc1NC(=O)Cn1cnc2scc(-c3ccc(F)cc3)c2c1=O. The highest BCUT2D eigenvalue weighted by Crippen LogP contribution is 2.30. The highest BCUT2D eigenvalue weighted by Gasteiger charge is 2.15. The Balaban J connectivity index is 1.66. The van der Waals surface area contributed by atoms with Gasteiger partial charge in [-0.1, -0.05) is 29.8 Å². The van der Waals surface area contributed by atoms with Gasteiger partial charge >= 0.3 is 0 Å². The Morgan fingerprint density at radius 3 is 2.76 bits per heavy atom. The van der Waals surface area contributed by atoms with Crippen molar-refractivity contribution >= 4 is 44.7 Å². The zero-order valence-corrected chi connectivity index (χ0v) is 16.9. The Bertz CT molecular complexity index is 1280. The van der Waals surface area contributed by atoms with Gasteiger partial charge in [0.15, 0.2) is 0 Å². The predicted octanol–water partition coefficient (Wildman–Crippen LogP) is 4.86. The maximum absolute atomic E-state index is 13.2. The summed E-state index contributed by atoms with van der Waals surface area (Å²) < 4.78 is 14.5. The lowest BCUT2D eigenvalue weighted by Gasteiger charge is -2.10. The van der Waals surface area contributed by atoms with Gasteiger partial charge in [0, 0.05) is 21.7 Å². The smallest absolute Gasteiger partial charge is 0.263 e. The average molecular weight is 428 g/mol. The Labute approximate surface area is 174 Å². The molecule has 0 atom stereocenters. The molecule has 0 fully saturated rings. The van der Waals surface area contributed by atoms with Gasteiger partial charge in [-0.3, -0.25) is 14.2 Å². The summed E-state index contributed by atoms with van der Waals surface area (Å²) in [7, 11) is 0. The lowest BCUT2D eigenvalue weighted by atomic mass is 10.1. The molecule has 0 radical (unpaired) electrons. The normalized spacial score (nSPS) is 11.0. The molecule has 0 saturated heterocycles. The average Bonchev–Trinajstić information content (AvgIpc) is 3.13. The highest BCUT2D eigenvalue weighted by atomic mass is 35.5. The molecule has 8 heteroatoms. The fourth-order valence-electron chi connectivity index (χ4n) is 3.01. The van der Waals surface area contributed by atoms with Crippen LogP contribution in [-0.4, -0.2) is 15.5 Å². The number of aromatic nitrogens is 2. The maximum Gasteiger partial charge on any atom is 0.263 e. The summed E-state index contributed by atoms with van der Waals surface area (Å²) in [5, 5.41) is 5.54. The minimum atomic E-state index is -0.364. The molecule has 2 aromatic carbocycles. The van der Waals surface area contributed by atoms with Gasteiger partial charge < -0.3 is 5.32 Å². The number of hydrogen-bond donors (Lipinski definition) is 1. The fourth-order valence-corrected chi connectivity index (χ4v) is 4.09. The Morgan fingerprint density at radius 2 is 2.00 bits per heavy atom.